The summed E-state index contributed by atoms with van der Waals surface area (Å²) in [4.78, 5) is 2.31. The zero-order valence-corrected chi connectivity index (χ0v) is 11.1. The molecule has 1 heterocycles. The minimum Gasteiger partial charge on any atom is -0.389 e. The normalized spacial score (nSPS) is 19.9. The average molecular weight is 239 g/mol. The predicted octanol–water partition coefficient (Wildman–Crippen LogP) is 1.65. The van der Waals surface area contributed by atoms with E-state index in [9.17, 15) is 5.11 Å². The highest BCUT2D eigenvalue weighted by molar-refractivity contribution is 4.92. The van der Waals surface area contributed by atoms with Gasteiger partial charge in [-0.25, -0.2) is 0 Å². The zero-order valence-electron chi connectivity index (χ0n) is 11.1. The van der Waals surface area contributed by atoms with Crippen molar-refractivity contribution in [3.05, 3.63) is 0 Å². The number of rotatable bonds is 6. The predicted molar refractivity (Wildman–Crippen MR) is 69.8 cm³/mol. The lowest BCUT2D eigenvalue weighted by Gasteiger charge is -2.30. The first-order valence-electron chi connectivity index (χ1n) is 6.51. The van der Waals surface area contributed by atoms with Crippen LogP contribution in [0.15, 0.2) is 0 Å². The summed E-state index contributed by atoms with van der Waals surface area (Å²) < 4.78 is 5.65. The molecule has 0 aromatic rings. The molecule has 1 saturated heterocycles. The van der Waals surface area contributed by atoms with Gasteiger partial charge in [0.1, 0.15) is 0 Å². The summed E-state index contributed by atoms with van der Waals surface area (Å²) >= 11 is 0. The molecule has 1 unspecified atom stereocenters. The molecule has 1 fully saturated rings. The highest BCUT2D eigenvalue weighted by Gasteiger charge is 2.20. The van der Waals surface area contributed by atoms with Crippen LogP contribution in [0.5, 0.6) is 0 Å². The van der Waals surface area contributed by atoms with E-state index in [1.807, 2.05) is 13.8 Å². The van der Waals surface area contributed by atoms with Crippen LogP contribution in [-0.4, -0.2) is 48.0 Å². The molecule has 0 saturated carbocycles. The van der Waals surface area contributed by atoms with Crippen LogP contribution in [0.2, 0.25) is 0 Å². The summed E-state index contributed by atoms with van der Waals surface area (Å²) in [5.74, 6) is 2.60. The molecule has 1 atom stereocenters. The fourth-order valence-electron chi connectivity index (χ4n) is 2.11. The summed E-state index contributed by atoms with van der Waals surface area (Å²) in [6.45, 7) is 7.20. The van der Waals surface area contributed by atoms with Crippen molar-refractivity contribution in [2.75, 3.05) is 26.2 Å². The van der Waals surface area contributed by atoms with E-state index in [4.69, 9.17) is 11.2 Å². The lowest BCUT2D eigenvalue weighted by molar-refractivity contribution is -0.0638. The molecule has 0 bridgehead atoms. The standard InChI is InChI=1S/C14H25NO2/c1-4-8-14(2,3)17-12-13(16)11-15-9-6-5-7-10-15/h1,13,16H,5-12H2,2-3H3. The van der Waals surface area contributed by atoms with E-state index in [1.165, 1.54) is 19.3 Å². The summed E-state index contributed by atoms with van der Waals surface area (Å²) in [6, 6.07) is 0. The Bertz CT molecular complexity index is 251. The molecular weight excluding hydrogens is 214 g/mol. The Balaban J connectivity index is 2.20. The van der Waals surface area contributed by atoms with Crippen LogP contribution in [-0.2, 0) is 4.74 Å². The SMILES string of the molecule is C#CCC(C)(C)OCC(O)CN1CCCCC1. The first-order chi connectivity index (χ1) is 8.03. The van der Waals surface area contributed by atoms with Crippen molar-refractivity contribution in [3.63, 3.8) is 0 Å². The van der Waals surface area contributed by atoms with Crippen molar-refractivity contribution in [2.45, 2.75) is 51.2 Å². The van der Waals surface area contributed by atoms with Gasteiger partial charge in [-0.05, 0) is 39.8 Å². The van der Waals surface area contributed by atoms with Gasteiger partial charge in [0.25, 0.3) is 0 Å². The maximum atomic E-state index is 9.91. The molecule has 1 rings (SSSR count). The van der Waals surface area contributed by atoms with Gasteiger partial charge in [-0.15, -0.1) is 12.3 Å². The number of nitrogens with zero attached hydrogens (tertiary/aromatic N) is 1. The van der Waals surface area contributed by atoms with Gasteiger partial charge in [-0.3, -0.25) is 0 Å². The number of terminal acetylenes is 1. The fourth-order valence-corrected chi connectivity index (χ4v) is 2.11. The molecule has 0 amide bonds. The van der Waals surface area contributed by atoms with Gasteiger partial charge >= 0.3 is 0 Å². The van der Waals surface area contributed by atoms with Crippen molar-refractivity contribution in [1.29, 1.82) is 0 Å². The van der Waals surface area contributed by atoms with Crippen LogP contribution < -0.4 is 0 Å². The summed E-state index contributed by atoms with van der Waals surface area (Å²) in [5.41, 5.74) is -0.336. The number of hydrogen-bond donors (Lipinski definition) is 1. The van der Waals surface area contributed by atoms with Crippen LogP contribution in [0.25, 0.3) is 0 Å². The Kier molecular flexibility index (Phi) is 5.97. The van der Waals surface area contributed by atoms with E-state index in [0.717, 1.165) is 13.1 Å². The minimum absolute atomic E-state index is 0.336. The summed E-state index contributed by atoms with van der Waals surface area (Å²) in [7, 11) is 0. The second kappa shape index (κ2) is 7.00. The molecule has 1 aliphatic rings. The molecule has 98 valence electrons. The molecule has 0 aromatic heterocycles. The molecule has 17 heavy (non-hydrogen) atoms. The number of β-amino-alcohol motifs (C(OH)–C–C–N with tert-alkyl or cyclic N) is 1. The Morgan fingerprint density at radius 3 is 2.59 bits per heavy atom. The first kappa shape index (κ1) is 14.5. The van der Waals surface area contributed by atoms with E-state index in [1.54, 1.807) is 0 Å². The molecule has 0 aromatic carbocycles. The monoisotopic (exact) mass is 239 g/mol. The Morgan fingerprint density at radius 1 is 1.35 bits per heavy atom. The number of piperidine rings is 1. The fraction of sp³-hybridized carbons (Fsp3) is 0.857. The topological polar surface area (TPSA) is 32.7 Å². The number of ether oxygens (including phenoxy) is 1. The number of hydrogen-bond acceptors (Lipinski definition) is 3. The highest BCUT2D eigenvalue weighted by atomic mass is 16.5. The molecule has 1 aliphatic heterocycles. The van der Waals surface area contributed by atoms with Crippen molar-refractivity contribution < 1.29 is 9.84 Å². The summed E-state index contributed by atoms with van der Waals surface area (Å²) in [5, 5.41) is 9.91. The third-order valence-corrected chi connectivity index (χ3v) is 3.11. The molecule has 0 aliphatic carbocycles. The second-order valence-corrected chi connectivity index (χ2v) is 5.47. The molecular formula is C14H25NO2. The van der Waals surface area contributed by atoms with Crippen LogP contribution in [0.3, 0.4) is 0 Å². The van der Waals surface area contributed by atoms with Crippen molar-refractivity contribution in [3.8, 4) is 12.3 Å². The smallest absolute Gasteiger partial charge is 0.0900 e. The number of likely N-dealkylation sites (tertiary alicyclic amines) is 1. The maximum Gasteiger partial charge on any atom is 0.0900 e. The third kappa shape index (κ3) is 6.07. The molecule has 0 radical (unpaired) electrons. The molecule has 3 nitrogen and oxygen atoms in total. The lowest BCUT2D eigenvalue weighted by Crippen LogP contribution is -2.39. The van der Waals surface area contributed by atoms with E-state index >= 15 is 0 Å². The maximum absolute atomic E-state index is 9.91. The Morgan fingerprint density at radius 2 is 2.00 bits per heavy atom. The first-order valence-corrected chi connectivity index (χ1v) is 6.51. The minimum atomic E-state index is -0.412. The van der Waals surface area contributed by atoms with Gasteiger partial charge in [0.2, 0.25) is 0 Å². The van der Waals surface area contributed by atoms with E-state index < -0.39 is 6.10 Å². The van der Waals surface area contributed by atoms with Gasteiger partial charge in [-0.2, -0.15) is 0 Å². The molecule has 0 spiro atoms. The average Bonchev–Trinajstić information content (AvgIpc) is 2.28. The van der Waals surface area contributed by atoms with Crippen LogP contribution >= 0.6 is 0 Å². The largest absolute Gasteiger partial charge is 0.389 e. The van der Waals surface area contributed by atoms with Gasteiger partial charge in [-0.1, -0.05) is 6.42 Å². The van der Waals surface area contributed by atoms with Gasteiger partial charge in [0.15, 0.2) is 0 Å². The highest BCUT2D eigenvalue weighted by Crippen LogP contribution is 2.14. The van der Waals surface area contributed by atoms with Gasteiger partial charge in [0.05, 0.1) is 18.3 Å². The van der Waals surface area contributed by atoms with Crippen molar-refractivity contribution in [1.82, 2.24) is 4.90 Å². The summed E-state index contributed by atoms with van der Waals surface area (Å²) in [6.07, 6.45) is 9.24. The van der Waals surface area contributed by atoms with Crippen molar-refractivity contribution >= 4 is 0 Å². The van der Waals surface area contributed by atoms with Crippen LogP contribution in [0.1, 0.15) is 39.5 Å². The van der Waals surface area contributed by atoms with Crippen LogP contribution in [0, 0.1) is 12.3 Å². The van der Waals surface area contributed by atoms with Crippen LogP contribution in [0.4, 0.5) is 0 Å². The molecule has 3 heteroatoms. The third-order valence-electron chi connectivity index (χ3n) is 3.11. The Labute approximate surface area is 105 Å². The van der Waals surface area contributed by atoms with Gasteiger partial charge < -0.3 is 14.7 Å². The van der Waals surface area contributed by atoms with E-state index in [0.29, 0.717) is 19.6 Å². The lowest BCUT2D eigenvalue weighted by atomic mass is 10.1. The van der Waals surface area contributed by atoms with Gasteiger partial charge in [0, 0.05) is 13.0 Å². The van der Waals surface area contributed by atoms with E-state index in [-0.39, 0.29) is 5.60 Å². The zero-order chi connectivity index (χ0) is 12.7. The quantitative estimate of drug-likeness (QED) is 0.715. The molecule has 1 N–H and O–H groups in total. The Hall–Kier alpha value is -0.560. The van der Waals surface area contributed by atoms with Crippen molar-refractivity contribution in [2.24, 2.45) is 0 Å². The van der Waals surface area contributed by atoms with E-state index in [2.05, 4.69) is 10.8 Å². The number of aliphatic hydroxyl groups is 1. The number of aliphatic hydroxyl groups excluding tert-OH is 1. The second-order valence-electron chi connectivity index (χ2n) is 5.47.